The molecule has 1 saturated heterocycles. The van der Waals surface area contributed by atoms with E-state index in [1.54, 1.807) is 0 Å². The summed E-state index contributed by atoms with van der Waals surface area (Å²) in [4.78, 5) is 2.59. The quantitative estimate of drug-likeness (QED) is 0.810. The van der Waals surface area contributed by atoms with Crippen LogP contribution in [-0.4, -0.2) is 35.2 Å². The van der Waals surface area contributed by atoms with Crippen LogP contribution in [-0.2, 0) is 6.42 Å². The Kier molecular flexibility index (Phi) is 5.61. The Labute approximate surface area is 158 Å². The van der Waals surface area contributed by atoms with Crippen molar-refractivity contribution in [2.24, 2.45) is 5.92 Å². The Morgan fingerprint density at radius 1 is 1.04 bits per heavy atom. The average molecular weight is 352 g/mol. The van der Waals surface area contributed by atoms with Crippen LogP contribution in [0.25, 0.3) is 10.8 Å². The molecule has 0 bridgehead atoms. The number of fused-ring (bicyclic) bond motifs is 1. The van der Waals surface area contributed by atoms with Crippen LogP contribution < -0.4 is 0 Å². The highest BCUT2D eigenvalue weighted by atomic mass is 16.3. The van der Waals surface area contributed by atoms with Gasteiger partial charge in [0.25, 0.3) is 0 Å². The van der Waals surface area contributed by atoms with E-state index in [1.807, 2.05) is 0 Å². The van der Waals surface area contributed by atoms with Crippen molar-refractivity contribution in [1.29, 1.82) is 0 Å². The number of hydrogen-bond donors (Lipinski definition) is 1. The number of nitrogens with zero attached hydrogens (tertiary/aromatic N) is 1. The van der Waals surface area contributed by atoms with E-state index in [2.05, 4.69) is 48.2 Å². The second-order valence-corrected chi connectivity index (χ2v) is 8.53. The third-order valence-electron chi connectivity index (χ3n) is 6.75. The van der Waals surface area contributed by atoms with Crippen molar-refractivity contribution in [2.75, 3.05) is 13.1 Å². The van der Waals surface area contributed by atoms with Crippen molar-refractivity contribution in [1.82, 2.24) is 4.90 Å². The highest BCUT2D eigenvalue weighted by molar-refractivity contribution is 5.88. The summed E-state index contributed by atoms with van der Waals surface area (Å²) in [7, 11) is 0. The summed E-state index contributed by atoms with van der Waals surface area (Å²) < 4.78 is 0. The molecule has 2 unspecified atom stereocenters. The number of aryl methyl sites for hydroxylation is 2. The van der Waals surface area contributed by atoms with Crippen LogP contribution >= 0.6 is 0 Å². The first-order valence-electron chi connectivity index (χ1n) is 10.6. The fourth-order valence-electron chi connectivity index (χ4n) is 5.46. The van der Waals surface area contributed by atoms with Gasteiger partial charge in [0.15, 0.2) is 0 Å². The Hall–Kier alpha value is -1.38. The molecular formula is C24H33NO. The van der Waals surface area contributed by atoms with E-state index in [-0.39, 0.29) is 6.10 Å². The number of aliphatic hydroxyl groups excluding tert-OH is 1. The molecule has 0 spiro atoms. The predicted octanol–water partition coefficient (Wildman–Crippen LogP) is 5.10. The molecule has 2 aromatic rings. The number of aliphatic hydroxyl groups is 1. The molecule has 1 heterocycles. The molecule has 1 aliphatic heterocycles. The van der Waals surface area contributed by atoms with Crippen LogP contribution in [0.3, 0.4) is 0 Å². The van der Waals surface area contributed by atoms with Gasteiger partial charge in [-0.2, -0.15) is 0 Å². The lowest BCUT2D eigenvalue weighted by atomic mass is 9.80. The van der Waals surface area contributed by atoms with Gasteiger partial charge in [-0.25, -0.2) is 0 Å². The van der Waals surface area contributed by atoms with Gasteiger partial charge in [-0.15, -0.1) is 0 Å². The van der Waals surface area contributed by atoms with Crippen molar-refractivity contribution in [3.05, 3.63) is 47.5 Å². The van der Waals surface area contributed by atoms with Crippen LogP contribution in [0.5, 0.6) is 0 Å². The number of hydrogen-bond acceptors (Lipinski definition) is 2. The predicted molar refractivity (Wildman–Crippen MR) is 110 cm³/mol. The van der Waals surface area contributed by atoms with Crippen molar-refractivity contribution < 1.29 is 5.11 Å². The Balaban J connectivity index is 1.41. The zero-order chi connectivity index (χ0) is 17.9. The maximum atomic E-state index is 9.93. The monoisotopic (exact) mass is 351 g/mol. The maximum absolute atomic E-state index is 9.93. The van der Waals surface area contributed by atoms with Crippen molar-refractivity contribution >= 4 is 10.8 Å². The molecule has 2 heteroatoms. The van der Waals surface area contributed by atoms with Crippen molar-refractivity contribution in [3.8, 4) is 0 Å². The second-order valence-electron chi connectivity index (χ2n) is 8.53. The summed E-state index contributed by atoms with van der Waals surface area (Å²) in [6, 6.07) is 14.1. The van der Waals surface area contributed by atoms with Crippen molar-refractivity contribution in [3.63, 3.8) is 0 Å². The summed E-state index contributed by atoms with van der Waals surface area (Å²) in [6.07, 6.45) is 10.2. The lowest BCUT2D eigenvalue weighted by molar-refractivity contribution is 0.100. The van der Waals surface area contributed by atoms with Gasteiger partial charge < -0.3 is 5.11 Å². The molecule has 3 atom stereocenters. The fourth-order valence-corrected chi connectivity index (χ4v) is 5.46. The van der Waals surface area contributed by atoms with Gasteiger partial charge >= 0.3 is 0 Å². The lowest BCUT2D eigenvalue weighted by Crippen LogP contribution is -2.41. The van der Waals surface area contributed by atoms with E-state index in [0.717, 1.165) is 31.5 Å². The topological polar surface area (TPSA) is 23.5 Å². The van der Waals surface area contributed by atoms with Crippen LogP contribution in [0.4, 0.5) is 0 Å². The Bertz CT molecular complexity index is 735. The minimum atomic E-state index is -0.0868. The number of benzene rings is 2. The van der Waals surface area contributed by atoms with Crippen LogP contribution in [0.1, 0.15) is 56.1 Å². The normalized spacial score (nSPS) is 27.2. The average Bonchev–Trinajstić information content (AvgIpc) is 3.09. The molecule has 4 rings (SSSR count). The van der Waals surface area contributed by atoms with Gasteiger partial charge in [0, 0.05) is 19.1 Å². The van der Waals surface area contributed by atoms with Crippen LogP contribution in [0, 0.1) is 12.8 Å². The van der Waals surface area contributed by atoms with E-state index >= 15 is 0 Å². The maximum Gasteiger partial charge on any atom is 0.0679 e. The minimum absolute atomic E-state index is 0.0868. The zero-order valence-corrected chi connectivity index (χ0v) is 16.2. The molecule has 0 amide bonds. The number of likely N-dealkylation sites (tertiary alicyclic amines) is 1. The molecule has 1 N–H and O–H groups in total. The largest absolute Gasteiger partial charge is 0.392 e. The number of rotatable bonds is 5. The summed E-state index contributed by atoms with van der Waals surface area (Å²) in [5, 5.41) is 12.8. The van der Waals surface area contributed by atoms with Crippen LogP contribution in [0.15, 0.2) is 36.4 Å². The lowest BCUT2D eigenvalue weighted by Gasteiger charge is -2.38. The standard InChI is InChI=1S/C24H33NO/c1-18-7-4-10-20-12-6-13-21(24(18)20)11-5-9-19-8-2-3-14-23(19)25-16-15-22(26)17-25/h4,6-7,10,12-13,19,22-23,26H,2-3,5,8-9,11,14-17H2,1H3/t19-,22?,23?/m1/s1. The molecule has 140 valence electrons. The highest BCUT2D eigenvalue weighted by Crippen LogP contribution is 2.34. The van der Waals surface area contributed by atoms with Crippen molar-refractivity contribution in [2.45, 2.75) is 70.4 Å². The van der Waals surface area contributed by atoms with Gasteiger partial charge in [0.05, 0.1) is 6.10 Å². The van der Waals surface area contributed by atoms with Gasteiger partial charge in [-0.1, -0.05) is 49.2 Å². The third-order valence-corrected chi connectivity index (χ3v) is 6.75. The first-order valence-corrected chi connectivity index (χ1v) is 10.6. The minimum Gasteiger partial charge on any atom is -0.392 e. The van der Waals surface area contributed by atoms with E-state index in [0.29, 0.717) is 0 Å². The highest BCUT2D eigenvalue weighted by Gasteiger charge is 2.33. The molecule has 2 aromatic carbocycles. The Morgan fingerprint density at radius 3 is 2.65 bits per heavy atom. The number of β-amino-alcohol motifs (C(OH)–C–C–N with tert-alkyl or cyclic N) is 1. The summed E-state index contributed by atoms with van der Waals surface area (Å²) in [6.45, 7) is 4.25. The van der Waals surface area contributed by atoms with E-state index in [9.17, 15) is 5.11 Å². The van der Waals surface area contributed by atoms with Gasteiger partial charge in [-0.05, 0) is 73.3 Å². The van der Waals surface area contributed by atoms with Crippen LogP contribution in [0.2, 0.25) is 0 Å². The smallest absolute Gasteiger partial charge is 0.0679 e. The molecule has 0 radical (unpaired) electrons. The molecule has 1 saturated carbocycles. The molecule has 26 heavy (non-hydrogen) atoms. The molecule has 2 aliphatic rings. The summed E-state index contributed by atoms with van der Waals surface area (Å²) in [5.74, 6) is 0.824. The van der Waals surface area contributed by atoms with E-state index < -0.39 is 0 Å². The summed E-state index contributed by atoms with van der Waals surface area (Å²) in [5.41, 5.74) is 2.92. The first kappa shape index (κ1) is 18.0. The van der Waals surface area contributed by atoms with Gasteiger partial charge in [-0.3, -0.25) is 4.90 Å². The first-order chi connectivity index (χ1) is 12.7. The van der Waals surface area contributed by atoms with Gasteiger partial charge in [0.1, 0.15) is 0 Å². The second kappa shape index (κ2) is 8.10. The fraction of sp³-hybridized carbons (Fsp3) is 0.583. The van der Waals surface area contributed by atoms with E-state index in [1.165, 1.54) is 66.8 Å². The molecule has 2 nitrogen and oxygen atoms in total. The molecule has 2 fully saturated rings. The third kappa shape index (κ3) is 3.82. The van der Waals surface area contributed by atoms with E-state index in [4.69, 9.17) is 0 Å². The SMILES string of the molecule is Cc1cccc2cccc(CCC[C@H]3CCCCC3N3CCC(O)C3)c12. The molecular weight excluding hydrogens is 318 g/mol. The summed E-state index contributed by atoms with van der Waals surface area (Å²) >= 11 is 0. The zero-order valence-electron chi connectivity index (χ0n) is 16.2. The Morgan fingerprint density at radius 2 is 1.85 bits per heavy atom. The molecule has 0 aromatic heterocycles. The molecule has 1 aliphatic carbocycles. The van der Waals surface area contributed by atoms with Gasteiger partial charge in [0.2, 0.25) is 0 Å².